The average Bonchev–Trinajstić information content (AvgIpc) is 2.98. The van der Waals surface area contributed by atoms with Gasteiger partial charge in [-0.05, 0) is 31.2 Å². The van der Waals surface area contributed by atoms with Crippen molar-refractivity contribution >= 4 is 34.4 Å². The van der Waals surface area contributed by atoms with E-state index in [1.165, 1.54) is 17.8 Å². The number of nitrogens with zero attached hydrogens (tertiary/aromatic N) is 2. The Morgan fingerprint density at radius 3 is 2.77 bits per heavy atom. The summed E-state index contributed by atoms with van der Waals surface area (Å²) in [6.45, 7) is 2.96. The maximum absolute atomic E-state index is 13.7. The van der Waals surface area contributed by atoms with Crippen molar-refractivity contribution in [2.75, 3.05) is 19.0 Å². The number of para-hydroxylation sites is 3. The van der Waals surface area contributed by atoms with Gasteiger partial charge >= 0.3 is 0 Å². The number of hydrogen-bond donors (Lipinski definition) is 1. The first-order chi connectivity index (χ1) is 12.6. The minimum atomic E-state index is -0.453. The number of rotatable bonds is 7. The zero-order chi connectivity index (χ0) is 18.5. The second-order valence-electron chi connectivity index (χ2n) is 5.76. The fourth-order valence-electron chi connectivity index (χ4n) is 2.55. The molecule has 0 aliphatic heterocycles. The number of halogens is 1. The lowest BCUT2D eigenvalue weighted by atomic mass is 10.3. The minimum absolute atomic E-state index is 0.179. The lowest BCUT2D eigenvalue weighted by Crippen LogP contribution is -2.23. The summed E-state index contributed by atoms with van der Waals surface area (Å²) in [5.74, 6) is -0.726. The number of aromatic nitrogens is 2. The molecule has 0 spiro atoms. The molecule has 1 amide bonds. The largest absolute Gasteiger partial charge is 0.383 e. The molecule has 0 aliphatic carbocycles. The van der Waals surface area contributed by atoms with Crippen LogP contribution in [0.1, 0.15) is 6.92 Å². The van der Waals surface area contributed by atoms with E-state index in [2.05, 4.69) is 10.3 Å². The van der Waals surface area contributed by atoms with E-state index >= 15 is 0 Å². The van der Waals surface area contributed by atoms with Gasteiger partial charge in [0, 0.05) is 13.7 Å². The lowest BCUT2D eigenvalue weighted by Gasteiger charge is -2.13. The number of thioether (sulfide) groups is 1. The Balaban J connectivity index is 1.79. The molecule has 26 heavy (non-hydrogen) atoms. The number of carbonyl (C=O) groups is 1. The first-order valence-corrected chi connectivity index (χ1v) is 9.14. The third-order valence-corrected chi connectivity index (χ3v) is 5.01. The maximum Gasteiger partial charge on any atom is 0.237 e. The van der Waals surface area contributed by atoms with Crippen molar-refractivity contribution in [1.29, 1.82) is 0 Å². The Hall–Kier alpha value is -2.38. The number of benzene rings is 2. The number of imidazole rings is 1. The topological polar surface area (TPSA) is 56.1 Å². The van der Waals surface area contributed by atoms with Crippen LogP contribution in [-0.4, -0.2) is 34.4 Å². The Morgan fingerprint density at radius 2 is 2.00 bits per heavy atom. The van der Waals surface area contributed by atoms with Gasteiger partial charge < -0.3 is 14.6 Å². The van der Waals surface area contributed by atoms with Crippen molar-refractivity contribution in [2.24, 2.45) is 0 Å². The highest BCUT2D eigenvalue weighted by Crippen LogP contribution is 2.28. The molecule has 3 aromatic rings. The summed E-state index contributed by atoms with van der Waals surface area (Å²) in [5, 5.41) is 2.93. The van der Waals surface area contributed by atoms with E-state index < -0.39 is 11.1 Å². The van der Waals surface area contributed by atoms with Gasteiger partial charge in [0.05, 0.1) is 28.6 Å². The van der Waals surface area contributed by atoms with Crippen molar-refractivity contribution in [2.45, 2.75) is 23.9 Å². The molecule has 2 aromatic carbocycles. The highest BCUT2D eigenvalue weighted by atomic mass is 32.2. The second-order valence-corrected chi connectivity index (χ2v) is 7.06. The molecule has 0 aliphatic rings. The molecule has 0 unspecified atom stereocenters. The first-order valence-electron chi connectivity index (χ1n) is 8.26. The third-order valence-electron chi connectivity index (χ3n) is 3.92. The molecule has 0 saturated heterocycles. The smallest absolute Gasteiger partial charge is 0.237 e. The van der Waals surface area contributed by atoms with Crippen molar-refractivity contribution in [3.8, 4) is 0 Å². The number of nitrogens with one attached hydrogen (secondary N) is 1. The van der Waals surface area contributed by atoms with Crippen molar-refractivity contribution in [3.05, 3.63) is 54.3 Å². The summed E-state index contributed by atoms with van der Waals surface area (Å²) < 4.78 is 21.0. The number of amides is 1. The van der Waals surface area contributed by atoms with Gasteiger partial charge in [0.1, 0.15) is 5.82 Å². The zero-order valence-electron chi connectivity index (χ0n) is 14.6. The lowest BCUT2D eigenvalue weighted by molar-refractivity contribution is -0.115. The van der Waals surface area contributed by atoms with E-state index in [1.807, 2.05) is 28.8 Å². The Morgan fingerprint density at radius 1 is 1.27 bits per heavy atom. The molecule has 7 heteroatoms. The Bertz CT molecular complexity index is 913. The molecule has 1 heterocycles. The van der Waals surface area contributed by atoms with Crippen LogP contribution < -0.4 is 5.32 Å². The fraction of sp³-hybridized carbons (Fsp3) is 0.263. The van der Waals surface area contributed by atoms with Gasteiger partial charge in [-0.3, -0.25) is 4.79 Å². The van der Waals surface area contributed by atoms with Gasteiger partial charge in [-0.2, -0.15) is 0 Å². The Kier molecular flexibility index (Phi) is 5.90. The minimum Gasteiger partial charge on any atom is -0.383 e. The van der Waals surface area contributed by atoms with Crippen LogP contribution in [0.3, 0.4) is 0 Å². The standard InChI is InChI=1S/C19H20FN3O2S/c1-13(18(24)21-15-8-4-3-7-14(15)20)26-19-22-16-9-5-6-10-17(16)23(19)11-12-25-2/h3-10,13H,11-12H2,1-2H3,(H,21,24)/t13-/m1/s1. The molecule has 5 nitrogen and oxygen atoms in total. The average molecular weight is 373 g/mol. The van der Waals surface area contributed by atoms with Crippen LogP contribution in [0.15, 0.2) is 53.7 Å². The molecule has 1 atom stereocenters. The van der Waals surface area contributed by atoms with Gasteiger partial charge in [-0.15, -0.1) is 0 Å². The molecule has 136 valence electrons. The van der Waals surface area contributed by atoms with Gasteiger partial charge in [-0.1, -0.05) is 36.0 Å². The molecule has 0 radical (unpaired) electrons. The number of hydrogen-bond acceptors (Lipinski definition) is 4. The summed E-state index contributed by atoms with van der Waals surface area (Å²) in [4.78, 5) is 17.1. The van der Waals surface area contributed by atoms with E-state index in [0.717, 1.165) is 16.2 Å². The maximum atomic E-state index is 13.7. The van der Waals surface area contributed by atoms with Gasteiger partial charge in [0.2, 0.25) is 5.91 Å². The van der Waals surface area contributed by atoms with E-state index in [-0.39, 0.29) is 11.6 Å². The first kappa shape index (κ1) is 18.4. The van der Waals surface area contributed by atoms with Crippen LogP contribution in [-0.2, 0) is 16.1 Å². The molecular weight excluding hydrogens is 353 g/mol. The van der Waals surface area contributed by atoms with E-state index in [1.54, 1.807) is 32.2 Å². The zero-order valence-corrected chi connectivity index (χ0v) is 15.4. The molecule has 0 bridgehead atoms. The van der Waals surface area contributed by atoms with Crippen molar-refractivity contribution < 1.29 is 13.9 Å². The summed E-state index contributed by atoms with van der Waals surface area (Å²) in [6, 6.07) is 13.9. The molecule has 3 rings (SSSR count). The van der Waals surface area contributed by atoms with Gasteiger partial charge in [0.15, 0.2) is 5.16 Å². The summed E-state index contributed by atoms with van der Waals surface area (Å²) in [5.41, 5.74) is 2.04. The highest BCUT2D eigenvalue weighted by molar-refractivity contribution is 8.00. The Labute approximate surface area is 155 Å². The predicted molar refractivity (Wildman–Crippen MR) is 102 cm³/mol. The third kappa shape index (κ3) is 4.05. The summed E-state index contributed by atoms with van der Waals surface area (Å²) >= 11 is 1.34. The number of ether oxygens (including phenoxy) is 1. The normalized spacial score (nSPS) is 12.3. The number of methoxy groups -OCH3 is 1. The van der Waals surface area contributed by atoms with Gasteiger partial charge in [0.25, 0.3) is 0 Å². The van der Waals surface area contributed by atoms with Gasteiger partial charge in [-0.25, -0.2) is 9.37 Å². The van der Waals surface area contributed by atoms with Crippen LogP contribution in [0.2, 0.25) is 0 Å². The summed E-state index contributed by atoms with van der Waals surface area (Å²) in [7, 11) is 1.65. The molecule has 1 aromatic heterocycles. The van der Waals surface area contributed by atoms with E-state index in [9.17, 15) is 9.18 Å². The van der Waals surface area contributed by atoms with Crippen molar-refractivity contribution in [1.82, 2.24) is 9.55 Å². The molecular formula is C19H20FN3O2S. The molecule has 0 fully saturated rings. The highest BCUT2D eigenvalue weighted by Gasteiger charge is 2.20. The van der Waals surface area contributed by atoms with Crippen LogP contribution >= 0.6 is 11.8 Å². The number of anilines is 1. The number of fused-ring (bicyclic) bond motifs is 1. The summed E-state index contributed by atoms with van der Waals surface area (Å²) in [6.07, 6.45) is 0. The van der Waals surface area contributed by atoms with Crippen LogP contribution in [0, 0.1) is 5.82 Å². The quantitative estimate of drug-likeness (QED) is 0.638. The fourth-order valence-corrected chi connectivity index (χ4v) is 3.50. The predicted octanol–water partition coefficient (Wildman–Crippen LogP) is 3.94. The van der Waals surface area contributed by atoms with Crippen LogP contribution in [0.25, 0.3) is 11.0 Å². The number of carbonyl (C=O) groups excluding carboxylic acids is 1. The van der Waals surface area contributed by atoms with E-state index in [4.69, 9.17) is 4.74 Å². The van der Waals surface area contributed by atoms with Crippen LogP contribution in [0.5, 0.6) is 0 Å². The van der Waals surface area contributed by atoms with Crippen molar-refractivity contribution in [3.63, 3.8) is 0 Å². The molecule has 0 saturated carbocycles. The van der Waals surface area contributed by atoms with Crippen LogP contribution in [0.4, 0.5) is 10.1 Å². The SMILES string of the molecule is COCCn1c(S[C@H](C)C(=O)Nc2ccccc2F)nc2ccccc21. The molecule has 1 N–H and O–H groups in total. The monoisotopic (exact) mass is 373 g/mol. The second kappa shape index (κ2) is 8.33. The van der Waals surface area contributed by atoms with E-state index in [0.29, 0.717) is 13.2 Å².